The Hall–Kier alpha value is -1.20. The van der Waals surface area contributed by atoms with Crippen molar-refractivity contribution in [1.82, 2.24) is 4.98 Å². The van der Waals surface area contributed by atoms with Gasteiger partial charge in [-0.05, 0) is 18.6 Å². The second-order valence-electron chi connectivity index (χ2n) is 5.37. The number of hydrogen-bond acceptors (Lipinski definition) is 4. The molecular weight excluding hydrogens is 278 g/mol. The fraction of sp³-hybridized carbons (Fsp3) is 0.429. The molecule has 0 bridgehead atoms. The molecular formula is C14H17NO2S2. The number of aryl methyl sites for hydroxylation is 1. The van der Waals surface area contributed by atoms with Crippen molar-refractivity contribution in [2.24, 2.45) is 0 Å². The smallest absolute Gasteiger partial charge is 0.356 e. The molecule has 1 N–H and O–H groups in total. The van der Waals surface area contributed by atoms with Crippen LogP contribution >= 0.6 is 22.7 Å². The third-order valence-corrected chi connectivity index (χ3v) is 5.60. The van der Waals surface area contributed by atoms with E-state index in [-0.39, 0.29) is 11.1 Å². The van der Waals surface area contributed by atoms with E-state index in [9.17, 15) is 9.90 Å². The van der Waals surface area contributed by atoms with Gasteiger partial charge in [0.1, 0.15) is 0 Å². The minimum absolute atomic E-state index is 0.127. The highest BCUT2D eigenvalue weighted by atomic mass is 32.1. The minimum atomic E-state index is -0.951. The van der Waals surface area contributed by atoms with Crippen LogP contribution < -0.4 is 0 Å². The zero-order chi connectivity index (χ0) is 14.2. The van der Waals surface area contributed by atoms with Crippen LogP contribution in [0.1, 0.15) is 48.1 Å². The Morgan fingerprint density at radius 3 is 2.47 bits per heavy atom. The molecule has 3 nitrogen and oxygen atoms in total. The van der Waals surface area contributed by atoms with Crippen LogP contribution in [0.5, 0.6) is 0 Å². The summed E-state index contributed by atoms with van der Waals surface area (Å²) in [6.07, 6.45) is 0.970. The number of nitrogens with zero attached hydrogens (tertiary/aromatic N) is 1. The highest BCUT2D eigenvalue weighted by Gasteiger charge is 2.25. The molecule has 5 heteroatoms. The van der Waals surface area contributed by atoms with Crippen molar-refractivity contribution in [2.75, 3.05) is 0 Å². The molecule has 0 unspecified atom stereocenters. The maximum atomic E-state index is 11.4. The van der Waals surface area contributed by atoms with E-state index >= 15 is 0 Å². The Bertz CT molecular complexity index is 605. The topological polar surface area (TPSA) is 50.2 Å². The number of aromatic nitrogens is 1. The maximum Gasteiger partial charge on any atom is 0.356 e. The maximum absolute atomic E-state index is 11.4. The molecule has 2 rings (SSSR count). The van der Waals surface area contributed by atoms with Gasteiger partial charge < -0.3 is 5.11 Å². The Morgan fingerprint density at radius 1 is 1.32 bits per heavy atom. The zero-order valence-corrected chi connectivity index (χ0v) is 13.1. The van der Waals surface area contributed by atoms with Gasteiger partial charge in [-0.2, -0.15) is 0 Å². The van der Waals surface area contributed by atoms with Gasteiger partial charge in [0, 0.05) is 15.2 Å². The average molecular weight is 295 g/mol. The first-order valence-corrected chi connectivity index (χ1v) is 7.80. The Kier molecular flexibility index (Phi) is 3.78. The molecule has 102 valence electrons. The molecule has 0 fully saturated rings. The van der Waals surface area contributed by atoms with Gasteiger partial charge in [-0.25, -0.2) is 9.78 Å². The second kappa shape index (κ2) is 5.06. The fourth-order valence-corrected chi connectivity index (χ4v) is 3.82. The summed E-state index contributed by atoms with van der Waals surface area (Å²) < 4.78 is 0. The van der Waals surface area contributed by atoms with E-state index in [1.54, 1.807) is 11.3 Å². The van der Waals surface area contributed by atoms with Crippen LogP contribution in [0.25, 0.3) is 9.75 Å². The predicted molar refractivity (Wildman–Crippen MR) is 80.5 cm³/mol. The summed E-state index contributed by atoms with van der Waals surface area (Å²) in [4.78, 5) is 18.7. The SMILES string of the molecule is CCc1ccc(-c2sc(C(C)(C)C)nc2C(=O)O)s1. The molecule has 19 heavy (non-hydrogen) atoms. The van der Waals surface area contributed by atoms with Crippen LogP contribution in [-0.2, 0) is 11.8 Å². The molecule has 0 saturated carbocycles. The highest BCUT2D eigenvalue weighted by molar-refractivity contribution is 7.22. The quantitative estimate of drug-likeness (QED) is 0.911. The molecule has 0 aromatic carbocycles. The third kappa shape index (κ3) is 2.87. The minimum Gasteiger partial charge on any atom is -0.476 e. The fourth-order valence-electron chi connectivity index (χ4n) is 1.64. The first-order valence-electron chi connectivity index (χ1n) is 6.16. The number of carboxylic acids is 1. The van der Waals surface area contributed by atoms with E-state index < -0.39 is 5.97 Å². The normalized spacial score (nSPS) is 11.8. The van der Waals surface area contributed by atoms with Gasteiger partial charge in [0.05, 0.1) is 9.88 Å². The number of aromatic carboxylic acids is 1. The molecule has 2 aromatic heterocycles. The number of hydrogen-bond donors (Lipinski definition) is 1. The van der Waals surface area contributed by atoms with E-state index in [4.69, 9.17) is 0 Å². The van der Waals surface area contributed by atoms with Gasteiger partial charge in [0.2, 0.25) is 0 Å². The molecule has 0 atom stereocenters. The summed E-state index contributed by atoms with van der Waals surface area (Å²) in [5.74, 6) is -0.951. The Labute approximate surface area is 120 Å². The standard InChI is InChI=1S/C14H17NO2S2/c1-5-8-6-7-9(18-8)11-10(12(16)17)15-13(19-11)14(2,3)4/h6-7H,5H2,1-4H3,(H,16,17). The monoisotopic (exact) mass is 295 g/mol. The second-order valence-corrected chi connectivity index (χ2v) is 7.54. The number of thiazole rings is 1. The largest absolute Gasteiger partial charge is 0.476 e. The van der Waals surface area contributed by atoms with Gasteiger partial charge in [0.15, 0.2) is 5.69 Å². The lowest BCUT2D eigenvalue weighted by atomic mass is 9.98. The Balaban J connectivity index is 2.55. The lowest BCUT2D eigenvalue weighted by Crippen LogP contribution is -2.11. The van der Waals surface area contributed by atoms with Crippen LogP contribution in [-0.4, -0.2) is 16.1 Å². The summed E-state index contributed by atoms with van der Waals surface area (Å²) in [6.45, 7) is 8.24. The Morgan fingerprint density at radius 2 is 2.00 bits per heavy atom. The van der Waals surface area contributed by atoms with Gasteiger partial charge in [-0.1, -0.05) is 27.7 Å². The molecule has 0 aliphatic rings. The highest BCUT2D eigenvalue weighted by Crippen LogP contribution is 2.39. The van der Waals surface area contributed by atoms with Crippen molar-refractivity contribution in [1.29, 1.82) is 0 Å². The summed E-state index contributed by atoms with van der Waals surface area (Å²) in [7, 11) is 0. The van der Waals surface area contributed by atoms with Crippen molar-refractivity contribution in [2.45, 2.75) is 39.5 Å². The number of carboxylic acid groups (broad SMARTS) is 1. The summed E-state index contributed by atoms with van der Waals surface area (Å²) in [5.41, 5.74) is 0.0530. The van der Waals surface area contributed by atoms with Crippen molar-refractivity contribution in [3.63, 3.8) is 0 Å². The first kappa shape index (κ1) is 14.2. The van der Waals surface area contributed by atoms with Crippen LogP contribution in [0.3, 0.4) is 0 Å². The lowest BCUT2D eigenvalue weighted by Gasteiger charge is -2.13. The summed E-state index contributed by atoms with van der Waals surface area (Å²) >= 11 is 3.14. The average Bonchev–Trinajstić information content (AvgIpc) is 2.94. The third-order valence-electron chi connectivity index (χ3n) is 2.71. The number of thiophene rings is 1. The van der Waals surface area contributed by atoms with Crippen molar-refractivity contribution in [3.8, 4) is 9.75 Å². The lowest BCUT2D eigenvalue weighted by molar-refractivity contribution is 0.0692. The van der Waals surface area contributed by atoms with Gasteiger partial charge in [-0.15, -0.1) is 22.7 Å². The van der Waals surface area contributed by atoms with Gasteiger partial charge in [0.25, 0.3) is 0 Å². The molecule has 0 amide bonds. The van der Waals surface area contributed by atoms with Crippen LogP contribution in [0.15, 0.2) is 12.1 Å². The number of carbonyl (C=O) groups is 1. The van der Waals surface area contributed by atoms with Gasteiger partial charge in [-0.3, -0.25) is 0 Å². The summed E-state index contributed by atoms with van der Waals surface area (Å²) in [6, 6.07) is 4.05. The summed E-state index contributed by atoms with van der Waals surface area (Å²) in [5, 5.41) is 10.2. The van der Waals surface area contributed by atoms with E-state index in [1.165, 1.54) is 16.2 Å². The van der Waals surface area contributed by atoms with Crippen LogP contribution in [0.4, 0.5) is 0 Å². The van der Waals surface area contributed by atoms with Crippen molar-refractivity contribution < 1.29 is 9.90 Å². The first-order chi connectivity index (χ1) is 8.82. The van der Waals surface area contributed by atoms with E-state index in [1.807, 2.05) is 26.8 Å². The molecule has 0 radical (unpaired) electrons. The number of rotatable bonds is 3. The molecule has 2 aromatic rings. The van der Waals surface area contributed by atoms with E-state index in [0.717, 1.165) is 21.2 Å². The van der Waals surface area contributed by atoms with Crippen molar-refractivity contribution >= 4 is 28.6 Å². The molecule has 0 aliphatic heterocycles. The van der Waals surface area contributed by atoms with Gasteiger partial charge >= 0.3 is 5.97 Å². The molecule has 0 spiro atoms. The molecule has 0 aliphatic carbocycles. The van der Waals surface area contributed by atoms with E-state index in [2.05, 4.69) is 18.0 Å². The zero-order valence-electron chi connectivity index (χ0n) is 11.5. The van der Waals surface area contributed by atoms with E-state index in [0.29, 0.717) is 0 Å². The van der Waals surface area contributed by atoms with Crippen LogP contribution in [0, 0.1) is 0 Å². The predicted octanol–water partition coefficient (Wildman–Crippen LogP) is 4.43. The van der Waals surface area contributed by atoms with Crippen LogP contribution in [0.2, 0.25) is 0 Å². The molecule has 0 saturated heterocycles. The van der Waals surface area contributed by atoms with Crippen molar-refractivity contribution in [3.05, 3.63) is 27.7 Å². The molecule has 2 heterocycles.